The van der Waals surface area contributed by atoms with Crippen LogP contribution in [0.25, 0.3) is 0 Å². The Morgan fingerprint density at radius 2 is 1.88 bits per heavy atom. The normalized spacial score (nSPS) is 43.0. The molecule has 0 aromatic heterocycles. The molecular weight excluding hydrogens is 432 g/mol. The fourth-order valence-corrected chi connectivity index (χ4v) is 6.26. The molecule has 1 saturated carbocycles. The molecule has 2 aliphatic carbocycles. The van der Waals surface area contributed by atoms with Gasteiger partial charge in [0.05, 0.1) is 23.5 Å². The lowest BCUT2D eigenvalue weighted by Gasteiger charge is -2.58. The van der Waals surface area contributed by atoms with Crippen molar-refractivity contribution in [2.75, 3.05) is 13.2 Å². The van der Waals surface area contributed by atoms with Crippen LogP contribution in [0, 0.1) is 16.7 Å². The van der Waals surface area contributed by atoms with Crippen LogP contribution >= 0.6 is 0 Å². The van der Waals surface area contributed by atoms with Crippen LogP contribution in [0.1, 0.15) is 54.4 Å². The first-order valence-corrected chi connectivity index (χ1v) is 11.5. The van der Waals surface area contributed by atoms with E-state index in [1.807, 2.05) is 33.8 Å². The van der Waals surface area contributed by atoms with Gasteiger partial charge in [0.1, 0.15) is 36.6 Å². The Balaban J connectivity index is 1.79. The highest BCUT2D eigenvalue weighted by molar-refractivity contribution is 5.70. The van der Waals surface area contributed by atoms with E-state index in [4.69, 9.17) is 23.7 Å². The van der Waals surface area contributed by atoms with Crippen LogP contribution in [0.4, 0.5) is 0 Å². The number of esters is 3. The van der Waals surface area contributed by atoms with Crippen LogP contribution in [0.3, 0.4) is 0 Å². The smallest absolute Gasteiger partial charge is 0.306 e. The zero-order valence-corrected chi connectivity index (χ0v) is 20.1. The highest BCUT2D eigenvalue weighted by atomic mass is 16.7. The Hall–Kier alpha value is -1.97. The van der Waals surface area contributed by atoms with Gasteiger partial charge in [0.15, 0.2) is 0 Å². The van der Waals surface area contributed by atoms with E-state index in [9.17, 15) is 19.5 Å². The summed E-state index contributed by atoms with van der Waals surface area (Å²) in [5, 5.41) is 11.2. The van der Waals surface area contributed by atoms with Gasteiger partial charge in [-0.15, -0.1) is 0 Å². The van der Waals surface area contributed by atoms with Gasteiger partial charge >= 0.3 is 17.9 Å². The van der Waals surface area contributed by atoms with Gasteiger partial charge < -0.3 is 28.8 Å². The van der Waals surface area contributed by atoms with Crippen LogP contribution in [-0.4, -0.2) is 72.3 Å². The highest BCUT2D eigenvalue weighted by Crippen LogP contribution is 2.72. The van der Waals surface area contributed by atoms with Crippen molar-refractivity contribution in [2.24, 2.45) is 16.7 Å². The number of ether oxygens (including phenoxy) is 5. The average molecular weight is 467 g/mol. The molecule has 0 amide bonds. The van der Waals surface area contributed by atoms with Crippen molar-refractivity contribution in [2.45, 2.75) is 90.5 Å². The minimum atomic E-state index is -1.11. The van der Waals surface area contributed by atoms with Crippen molar-refractivity contribution < 1.29 is 43.2 Å². The maximum absolute atomic E-state index is 12.5. The SMILES string of the molecule is CC(=O)OC[C@]12C[C@@H](OC(=O)CC(C)C)C(C)=C[C@@H]1O[C@H]1[C@@H](O)[C@H](OC(C)=O)[C@@]2(C)[C@@]12CO2. The summed E-state index contributed by atoms with van der Waals surface area (Å²) in [7, 11) is 0. The van der Waals surface area contributed by atoms with Crippen molar-refractivity contribution in [3.63, 3.8) is 0 Å². The third-order valence-electron chi connectivity index (χ3n) is 8.00. The van der Waals surface area contributed by atoms with Crippen molar-refractivity contribution in [1.29, 1.82) is 0 Å². The fourth-order valence-electron chi connectivity index (χ4n) is 6.26. The topological polar surface area (TPSA) is 121 Å². The third kappa shape index (κ3) is 3.51. The van der Waals surface area contributed by atoms with Crippen molar-refractivity contribution in [3.8, 4) is 0 Å². The van der Waals surface area contributed by atoms with E-state index in [1.165, 1.54) is 13.8 Å². The van der Waals surface area contributed by atoms with Crippen molar-refractivity contribution in [1.82, 2.24) is 0 Å². The molecule has 1 N–H and O–H groups in total. The average Bonchev–Trinajstić information content (AvgIpc) is 3.48. The molecule has 9 nitrogen and oxygen atoms in total. The predicted molar refractivity (Wildman–Crippen MR) is 114 cm³/mol. The monoisotopic (exact) mass is 466 g/mol. The Kier molecular flexibility index (Phi) is 5.90. The molecule has 4 rings (SSSR count). The quantitative estimate of drug-likeness (QED) is 0.270. The summed E-state index contributed by atoms with van der Waals surface area (Å²) in [4.78, 5) is 36.4. The fraction of sp³-hybridized carbons (Fsp3) is 0.792. The summed E-state index contributed by atoms with van der Waals surface area (Å²) in [6.07, 6.45) is -1.46. The molecule has 8 atom stereocenters. The lowest BCUT2D eigenvalue weighted by molar-refractivity contribution is -0.241. The number of hydrogen-bond donors (Lipinski definition) is 1. The maximum atomic E-state index is 12.5. The van der Waals surface area contributed by atoms with Gasteiger partial charge in [-0.1, -0.05) is 26.8 Å². The van der Waals surface area contributed by atoms with Gasteiger partial charge in [-0.25, -0.2) is 0 Å². The second kappa shape index (κ2) is 8.06. The Morgan fingerprint density at radius 1 is 1.21 bits per heavy atom. The van der Waals surface area contributed by atoms with Gasteiger partial charge in [0, 0.05) is 26.7 Å². The lowest BCUT2D eigenvalue weighted by Crippen LogP contribution is -2.68. The van der Waals surface area contributed by atoms with Gasteiger partial charge in [-0.2, -0.15) is 0 Å². The van der Waals surface area contributed by atoms with E-state index in [-0.39, 0.29) is 31.3 Å². The molecule has 1 spiro atoms. The molecule has 0 aromatic rings. The molecule has 33 heavy (non-hydrogen) atoms. The number of fused-ring (bicyclic) bond motifs is 2. The summed E-state index contributed by atoms with van der Waals surface area (Å²) >= 11 is 0. The summed E-state index contributed by atoms with van der Waals surface area (Å²) in [5.74, 6) is -1.18. The minimum absolute atomic E-state index is 0.0617. The molecule has 2 aliphatic heterocycles. The Bertz CT molecular complexity index is 875. The summed E-state index contributed by atoms with van der Waals surface area (Å²) in [6, 6.07) is 0. The molecule has 2 bridgehead atoms. The van der Waals surface area contributed by atoms with Crippen LogP contribution in [0.2, 0.25) is 0 Å². The van der Waals surface area contributed by atoms with E-state index < -0.39 is 58.9 Å². The predicted octanol–water partition coefficient (Wildman–Crippen LogP) is 1.69. The zero-order valence-electron chi connectivity index (χ0n) is 20.1. The summed E-state index contributed by atoms with van der Waals surface area (Å²) in [5.41, 5.74) is -2.00. The van der Waals surface area contributed by atoms with E-state index in [1.54, 1.807) is 0 Å². The number of rotatable bonds is 6. The highest BCUT2D eigenvalue weighted by Gasteiger charge is 2.86. The third-order valence-corrected chi connectivity index (χ3v) is 8.00. The number of carbonyl (C=O) groups excluding carboxylic acids is 3. The molecule has 4 aliphatic rings. The van der Waals surface area contributed by atoms with Crippen molar-refractivity contribution >= 4 is 17.9 Å². The van der Waals surface area contributed by atoms with Crippen molar-refractivity contribution in [3.05, 3.63) is 11.6 Å². The van der Waals surface area contributed by atoms with Crippen LogP contribution < -0.4 is 0 Å². The molecule has 0 radical (unpaired) electrons. The number of carbonyl (C=O) groups is 3. The summed E-state index contributed by atoms with van der Waals surface area (Å²) < 4.78 is 29.4. The van der Waals surface area contributed by atoms with E-state index in [2.05, 4.69) is 0 Å². The molecule has 184 valence electrons. The summed E-state index contributed by atoms with van der Waals surface area (Å²) in [6.45, 7) is 10.5. The van der Waals surface area contributed by atoms with Gasteiger partial charge in [-0.3, -0.25) is 14.4 Å². The molecule has 2 heterocycles. The molecule has 2 saturated heterocycles. The largest absolute Gasteiger partial charge is 0.465 e. The second-order valence-electron chi connectivity index (χ2n) is 10.5. The number of hydrogen-bond acceptors (Lipinski definition) is 9. The van der Waals surface area contributed by atoms with E-state index in [0.717, 1.165) is 5.57 Å². The van der Waals surface area contributed by atoms with Crippen LogP contribution in [0.5, 0.6) is 0 Å². The Labute approximate surface area is 193 Å². The standard InChI is InChI=1S/C24H34O9/c1-12(2)7-18(27)32-16-9-23(10-29-14(4)25)17(8-13(16)3)33-21-19(28)20(31-15(5)26)22(23,6)24(21)11-30-24/h8,12,16-17,19-21,28H,7,9-11H2,1-6H3/t16-,17+,19+,20+,21+,22-,23-,24-/m1/s1. The zero-order chi connectivity index (χ0) is 24.3. The number of aliphatic hydroxyl groups is 1. The van der Waals surface area contributed by atoms with Gasteiger partial charge in [-0.05, 0) is 18.4 Å². The minimum Gasteiger partial charge on any atom is -0.465 e. The number of epoxide rings is 1. The van der Waals surface area contributed by atoms with Crippen LogP contribution in [0.15, 0.2) is 11.6 Å². The maximum Gasteiger partial charge on any atom is 0.306 e. The first-order chi connectivity index (χ1) is 15.4. The molecule has 0 aromatic carbocycles. The Morgan fingerprint density at radius 3 is 2.42 bits per heavy atom. The second-order valence-corrected chi connectivity index (χ2v) is 10.5. The molecule has 0 unspecified atom stereocenters. The first kappa shape index (κ1) is 24.2. The van der Waals surface area contributed by atoms with Gasteiger partial charge in [0.2, 0.25) is 0 Å². The van der Waals surface area contributed by atoms with E-state index >= 15 is 0 Å². The van der Waals surface area contributed by atoms with Gasteiger partial charge in [0.25, 0.3) is 0 Å². The lowest BCUT2D eigenvalue weighted by atomic mass is 9.51. The molecule has 3 fully saturated rings. The first-order valence-electron chi connectivity index (χ1n) is 11.5. The molecular formula is C24H34O9. The number of aliphatic hydroxyl groups excluding tert-OH is 1. The van der Waals surface area contributed by atoms with Crippen LogP contribution in [-0.2, 0) is 38.1 Å². The molecule has 9 heteroatoms. The van der Waals surface area contributed by atoms with E-state index in [0.29, 0.717) is 6.61 Å².